The molecule has 0 aromatic heterocycles. The first-order valence-corrected chi connectivity index (χ1v) is 6.37. The summed E-state index contributed by atoms with van der Waals surface area (Å²) in [4.78, 5) is 1.21. The molecule has 0 fully saturated rings. The fraction of sp³-hybridized carbons (Fsp3) is 0.500. The smallest absolute Gasteiger partial charge is 0.0587 e. The monoisotopic (exact) mass is 241 g/mol. The second kappa shape index (κ2) is 8.58. The number of hydrogen-bond acceptors (Lipinski definition) is 4. The van der Waals surface area contributed by atoms with Crippen LogP contribution in [0.25, 0.3) is 0 Å². The molecule has 3 nitrogen and oxygen atoms in total. The topological polar surface area (TPSA) is 41.5 Å². The van der Waals surface area contributed by atoms with E-state index in [1.54, 1.807) is 18.9 Å². The third-order valence-electron chi connectivity index (χ3n) is 2.07. The Balaban J connectivity index is 2.35. The molecule has 0 aliphatic rings. The maximum Gasteiger partial charge on any atom is 0.0587 e. The molecule has 0 heterocycles. The van der Waals surface area contributed by atoms with Crippen molar-refractivity contribution in [3.8, 4) is 0 Å². The normalized spacial score (nSPS) is 10.6. The quantitative estimate of drug-likeness (QED) is 0.535. The summed E-state index contributed by atoms with van der Waals surface area (Å²) in [7, 11) is 1.70. The zero-order valence-corrected chi connectivity index (χ0v) is 10.4. The number of thioether (sulfide) groups is 1. The molecule has 0 spiro atoms. The van der Waals surface area contributed by atoms with Gasteiger partial charge in [-0.3, -0.25) is 0 Å². The molecule has 1 rings (SSSR count). The lowest BCUT2D eigenvalue weighted by atomic mass is 10.2. The fourth-order valence-corrected chi connectivity index (χ4v) is 2.05. The lowest BCUT2D eigenvalue weighted by Crippen LogP contribution is -2.18. The highest BCUT2D eigenvalue weighted by Gasteiger charge is 1.96. The minimum atomic E-state index is 0.223. The van der Waals surface area contributed by atoms with E-state index in [2.05, 4.69) is 23.5 Å². The largest absolute Gasteiger partial charge is 0.396 e. The third kappa shape index (κ3) is 5.51. The van der Waals surface area contributed by atoms with Gasteiger partial charge in [0.1, 0.15) is 0 Å². The predicted molar refractivity (Wildman–Crippen MR) is 67.8 cm³/mol. The van der Waals surface area contributed by atoms with Crippen molar-refractivity contribution in [3.63, 3.8) is 0 Å². The summed E-state index contributed by atoms with van der Waals surface area (Å²) in [5.41, 5.74) is 1.26. The van der Waals surface area contributed by atoms with Crippen LogP contribution in [0.5, 0.6) is 0 Å². The Bertz CT molecular complexity index is 294. The molecule has 0 aliphatic heterocycles. The van der Waals surface area contributed by atoms with E-state index in [0.717, 1.165) is 25.4 Å². The molecule has 90 valence electrons. The molecular formula is C12H19NO2S. The molecule has 4 heteroatoms. The van der Waals surface area contributed by atoms with Crippen LogP contribution in [-0.4, -0.2) is 37.7 Å². The van der Waals surface area contributed by atoms with Crippen LogP contribution in [0.4, 0.5) is 0 Å². The first-order valence-electron chi connectivity index (χ1n) is 5.39. The van der Waals surface area contributed by atoms with E-state index < -0.39 is 0 Å². The molecule has 0 bridgehead atoms. The second-order valence-electron chi connectivity index (χ2n) is 3.39. The summed E-state index contributed by atoms with van der Waals surface area (Å²) in [6, 6.07) is 8.37. The number of rotatable bonds is 8. The highest BCUT2D eigenvalue weighted by atomic mass is 32.2. The highest BCUT2D eigenvalue weighted by molar-refractivity contribution is 7.99. The summed E-state index contributed by atoms with van der Waals surface area (Å²) in [6.07, 6.45) is 0. The second-order valence-corrected chi connectivity index (χ2v) is 4.56. The number of aliphatic hydroxyl groups excluding tert-OH is 1. The van der Waals surface area contributed by atoms with Gasteiger partial charge in [0.05, 0.1) is 13.2 Å². The van der Waals surface area contributed by atoms with Crippen LogP contribution in [0.15, 0.2) is 29.2 Å². The average molecular weight is 241 g/mol. The summed E-state index contributed by atoms with van der Waals surface area (Å²) in [6.45, 7) is 2.68. The molecule has 0 atom stereocenters. The van der Waals surface area contributed by atoms with E-state index in [0.29, 0.717) is 0 Å². The van der Waals surface area contributed by atoms with Crippen molar-refractivity contribution in [2.75, 3.05) is 32.6 Å². The van der Waals surface area contributed by atoms with Gasteiger partial charge in [-0.1, -0.05) is 12.1 Å². The fourth-order valence-electron chi connectivity index (χ4n) is 1.32. The SMILES string of the molecule is COCCNCc1cccc(SCCO)c1. The predicted octanol–water partition coefficient (Wildman–Crippen LogP) is 1.51. The van der Waals surface area contributed by atoms with E-state index in [1.165, 1.54) is 10.5 Å². The van der Waals surface area contributed by atoms with Crippen LogP contribution in [0.1, 0.15) is 5.56 Å². The van der Waals surface area contributed by atoms with Crippen molar-refractivity contribution in [1.82, 2.24) is 5.32 Å². The molecule has 1 aromatic carbocycles. The van der Waals surface area contributed by atoms with Gasteiger partial charge in [0.15, 0.2) is 0 Å². The summed E-state index contributed by atoms with van der Waals surface area (Å²) in [5.74, 6) is 0.751. The summed E-state index contributed by atoms with van der Waals surface area (Å²) < 4.78 is 4.96. The van der Waals surface area contributed by atoms with Gasteiger partial charge in [0.2, 0.25) is 0 Å². The van der Waals surface area contributed by atoms with Crippen molar-refractivity contribution in [1.29, 1.82) is 0 Å². The maximum atomic E-state index is 8.75. The minimum absolute atomic E-state index is 0.223. The van der Waals surface area contributed by atoms with Gasteiger partial charge in [0, 0.05) is 30.8 Å². The number of benzene rings is 1. The van der Waals surface area contributed by atoms with E-state index in [9.17, 15) is 0 Å². The average Bonchev–Trinajstić information content (AvgIpc) is 2.33. The van der Waals surface area contributed by atoms with E-state index in [1.807, 2.05) is 6.07 Å². The van der Waals surface area contributed by atoms with Gasteiger partial charge in [-0.2, -0.15) is 0 Å². The van der Waals surface area contributed by atoms with Crippen molar-refractivity contribution in [3.05, 3.63) is 29.8 Å². The molecule has 0 amide bonds. The molecule has 0 saturated carbocycles. The van der Waals surface area contributed by atoms with Gasteiger partial charge < -0.3 is 15.2 Å². The molecule has 0 unspecified atom stereocenters. The first-order chi connectivity index (χ1) is 7.86. The zero-order valence-electron chi connectivity index (χ0n) is 9.61. The highest BCUT2D eigenvalue weighted by Crippen LogP contribution is 2.18. The lowest BCUT2D eigenvalue weighted by molar-refractivity contribution is 0.199. The Kier molecular flexibility index (Phi) is 7.25. The van der Waals surface area contributed by atoms with Gasteiger partial charge in [-0.05, 0) is 17.7 Å². The van der Waals surface area contributed by atoms with E-state index in [-0.39, 0.29) is 6.61 Å². The van der Waals surface area contributed by atoms with Crippen molar-refractivity contribution >= 4 is 11.8 Å². The third-order valence-corrected chi connectivity index (χ3v) is 3.04. The molecular weight excluding hydrogens is 222 g/mol. The molecule has 0 radical (unpaired) electrons. The molecule has 1 aromatic rings. The summed E-state index contributed by atoms with van der Waals surface area (Å²) in [5, 5.41) is 12.1. The zero-order chi connectivity index (χ0) is 11.6. The number of methoxy groups -OCH3 is 1. The number of ether oxygens (including phenoxy) is 1. The number of nitrogens with one attached hydrogen (secondary N) is 1. The number of aliphatic hydroxyl groups is 1. The number of hydrogen-bond donors (Lipinski definition) is 2. The van der Waals surface area contributed by atoms with Gasteiger partial charge >= 0.3 is 0 Å². The molecule has 16 heavy (non-hydrogen) atoms. The van der Waals surface area contributed by atoms with Crippen LogP contribution in [-0.2, 0) is 11.3 Å². The van der Waals surface area contributed by atoms with E-state index in [4.69, 9.17) is 9.84 Å². The first kappa shape index (κ1) is 13.5. The van der Waals surface area contributed by atoms with Gasteiger partial charge in [-0.25, -0.2) is 0 Å². The minimum Gasteiger partial charge on any atom is -0.396 e. The Morgan fingerprint density at radius 3 is 3.06 bits per heavy atom. The van der Waals surface area contributed by atoms with Crippen LogP contribution in [0.2, 0.25) is 0 Å². The molecule has 2 N–H and O–H groups in total. The Hall–Kier alpha value is -0.550. The van der Waals surface area contributed by atoms with Crippen LogP contribution in [0, 0.1) is 0 Å². The summed E-state index contributed by atoms with van der Waals surface area (Å²) >= 11 is 1.68. The maximum absolute atomic E-state index is 8.75. The van der Waals surface area contributed by atoms with Crippen LogP contribution >= 0.6 is 11.8 Å². The van der Waals surface area contributed by atoms with Crippen molar-refractivity contribution in [2.45, 2.75) is 11.4 Å². The molecule has 0 saturated heterocycles. The van der Waals surface area contributed by atoms with Crippen LogP contribution in [0.3, 0.4) is 0 Å². The Morgan fingerprint density at radius 2 is 2.31 bits per heavy atom. The lowest BCUT2D eigenvalue weighted by Gasteiger charge is -2.06. The van der Waals surface area contributed by atoms with Crippen LogP contribution < -0.4 is 5.32 Å². The van der Waals surface area contributed by atoms with Gasteiger partial charge in [-0.15, -0.1) is 11.8 Å². The molecule has 0 aliphatic carbocycles. The van der Waals surface area contributed by atoms with E-state index >= 15 is 0 Å². The Labute approximate surface area is 101 Å². The van der Waals surface area contributed by atoms with Gasteiger partial charge in [0.25, 0.3) is 0 Å². The Morgan fingerprint density at radius 1 is 1.44 bits per heavy atom. The standard InChI is InChI=1S/C12H19NO2S/c1-15-7-5-13-10-11-3-2-4-12(9-11)16-8-6-14/h2-4,9,13-14H,5-8,10H2,1H3. The van der Waals surface area contributed by atoms with Crippen molar-refractivity contribution < 1.29 is 9.84 Å². The van der Waals surface area contributed by atoms with Crippen molar-refractivity contribution in [2.24, 2.45) is 0 Å².